The van der Waals surface area contributed by atoms with Crippen molar-refractivity contribution in [3.05, 3.63) is 22.4 Å². The maximum atomic E-state index is 12.0. The molecule has 3 nitrogen and oxygen atoms in total. The van der Waals surface area contributed by atoms with Crippen LogP contribution in [0.2, 0.25) is 0 Å². The fourth-order valence-corrected chi connectivity index (χ4v) is 3.05. The highest BCUT2D eigenvalue weighted by Crippen LogP contribution is 2.18. The van der Waals surface area contributed by atoms with Gasteiger partial charge in [0.25, 0.3) is 0 Å². The second-order valence-electron chi connectivity index (χ2n) is 4.64. The monoisotopic (exact) mass is 288 g/mol. The smallest absolute Gasteiger partial charge is 0.227 e. The zero-order chi connectivity index (χ0) is 12.1. The topological polar surface area (TPSA) is 32.3 Å². The summed E-state index contributed by atoms with van der Waals surface area (Å²) >= 11 is 1.67. The highest BCUT2D eigenvalue weighted by molar-refractivity contribution is 7.10. The Kier molecular flexibility index (Phi) is 6.68. The molecule has 2 heterocycles. The van der Waals surface area contributed by atoms with Gasteiger partial charge in [0.2, 0.25) is 5.91 Å². The number of piperidine rings is 1. The number of likely N-dealkylation sites (tertiary alicyclic amines) is 1. The molecule has 0 atom stereocenters. The van der Waals surface area contributed by atoms with E-state index in [2.05, 4.69) is 5.32 Å². The first-order chi connectivity index (χ1) is 8.29. The van der Waals surface area contributed by atoms with Gasteiger partial charge in [-0.2, -0.15) is 0 Å². The Morgan fingerprint density at radius 1 is 1.50 bits per heavy atom. The predicted molar refractivity (Wildman–Crippen MR) is 78.5 cm³/mol. The Hall–Kier alpha value is -0.580. The van der Waals surface area contributed by atoms with Gasteiger partial charge >= 0.3 is 0 Å². The molecule has 0 aliphatic carbocycles. The van der Waals surface area contributed by atoms with Crippen molar-refractivity contribution in [1.29, 1.82) is 0 Å². The largest absolute Gasteiger partial charge is 0.342 e. The van der Waals surface area contributed by atoms with Gasteiger partial charge in [0.15, 0.2) is 0 Å². The van der Waals surface area contributed by atoms with Crippen LogP contribution < -0.4 is 5.32 Å². The van der Waals surface area contributed by atoms with E-state index in [-0.39, 0.29) is 18.3 Å². The van der Waals surface area contributed by atoms with E-state index in [1.807, 2.05) is 29.5 Å². The molecule has 0 bridgehead atoms. The van der Waals surface area contributed by atoms with Gasteiger partial charge in [0.05, 0.1) is 6.42 Å². The minimum absolute atomic E-state index is 0. The molecular formula is C13H21ClN2OS. The molecule has 0 aromatic carbocycles. The van der Waals surface area contributed by atoms with E-state index in [1.54, 1.807) is 11.3 Å². The molecule has 1 fully saturated rings. The van der Waals surface area contributed by atoms with Crippen LogP contribution in [0.4, 0.5) is 0 Å². The third-order valence-electron chi connectivity index (χ3n) is 3.37. The molecule has 2 rings (SSSR count). The van der Waals surface area contributed by atoms with Gasteiger partial charge in [0.1, 0.15) is 0 Å². The summed E-state index contributed by atoms with van der Waals surface area (Å²) in [6.45, 7) is 2.93. The summed E-state index contributed by atoms with van der Waals surface area (Å²) in [4.78, 5) is 15.2. The number of carbonyl (C=O) groups is 1. The summed E-state index contributed by atoms with van der Waals surface area (Å²) in [5, 5.41) is 5.25. The number of hydrogen-bond acceptors (Lipinski definition) is 3. The summed E-state index contributed by atoms with van der Waals surface area (Å²) in [5.41, 5.74) is 0. The van der Waals surface area contributed by atoms with Gasteiger partial charge in [-0.05, 0) is 43.8 Å². The molecule has 0 radical (unpaired) electrons. The zero-order valence-electron chi connectivity index (χ0n) is 10.7. The quantitative estimate of drug-likeness (QED) is 0.921. The summed E-state index contributed by atoms with van der Waals surface area (Å²) in [6.07, 6.45) is 2.85. The van der Waals surface area contributed by atoms with Crippen LogP contribution >= 0.6 is 23.7 Å². The number of carbonyl (C=O) groups excluding carboxylic acids is 1. The minimum Gasteiger partial charge on any atom is -0.342 e. The normalized spacial score (nSPS) is 16.4. The van der Waals surface area contributed by atoms with Crippen molar-refractivity contribution in [2.75, 3.05) is 26.7 Å². The van der Waals surface area contributed by atoms with E-state index in [1.165, 1.54) is 4.88 Å². The van der Waals surface area contributed by atoms with Gasteiger partial charge in [-0.1, -0.05) is 6.07 Å². The van der Waals surface area contributed by atoms with Crippen molar-refractivity contribution in [2.24, 2.45) is 5.92 Å². The molecule has 1 aromatic rings. The van der Waals surface area contributed by atoms with Gasteiger partial charge < -0.3 is 10.2 Å². The van der Waals surface area contributed by atoms with Crippen LogP contribution in [0, 0.1) is 5.92 Å². The van der Waals surface area contributed by atoms with Crippen molar-refractivity contribution in [1.82, 2.24) is 10.2 Å². The maximum Gasteiger partial charge on any atom is 0.227 e. The fraction of sp³-hybridized carbons (Fsp3) is 0.615. The number of thiophene rings is 1. The maximum absolute atomic E-state index is 12.0. The van der Waals surface area contributed by atoms with E-state index in [0.29, 0.717) is 6.42 Å². The first-order valence-electron chi connectivity index (χ1n) is 6.24. The lowest BCUT2D eigenvalue weighted by molar-refractivity contribution is -0.131. The number of rotatable bonds is 4. The number of nitrogens with one attached hydrogen (secondary N) is 1. The van der Waals surface area contributed by atoms with Crippen LogP contribution in [0.1, 0.15) is 17.7 Å². The Labute approximate surface area is 119 Å². The Bertz CT molecular complexity index is 348. The Morgan fingerprint density at radius 2 is 2.22 bits per heavy atom. The summed E-state index contributed by atoms with van der Waals surface area (Å²) < 4.78 is 0. The highest BCUT2D eigenvalue weighted by Gasteiger charge is 2.22. The van der Waals surface area contributed by atoms with E-state index >= 15 is 0 Å². The van der Waals surface area contributed by atoms with E-state index in [9.17, 15) is 4.79 Å². The summed E-state index contributed by atoms with van der Waals surface area (Å²) in [7, 11) is 1.99. The summed E-state index contributed by atoms with van der Waals surface area (Å²) in [5.74, 6) is 1.03. The van der Waals surface area contributed by atoms with E-state index in [4.69, 9.17) is 0 Å². The molecule has 1 aliphatic rings. The average Bonchev–Trinajstić information content (AvgIpc) is 2.83. The standard InChI is InChI=1S/C13H20N2OS.ClH/c1-14-10-11-4-6-15(7-5-11)13(16)9-12-3-2-8-17-12;/h2-3,8,11,14H,4-7,9-10H2,1H3;1H. The number of halogens is 1. The minimum atomic E-state index is 0. The van der Waals surface area contributed by atoms with E-state index in [0.717, 1.165) is 38.4 Å². The lowest BCUT2D eigenvalue weighted by atomic mass is 9.96. The van der Waals surface area contributed by atoms with Crippen molar-refractivity contribution in [2.45, 2.75) is 19.3 Å². The Morgan fingerprint density at radius 3 is 2.78 bits per heavy atom. The van der Waals surface area contributed by atoms with Crippen LogP contribution in [0.25, 0.3) is 0 Å². The van der Waals surface area contributed by atoms with Crippen LogP contribution in [0.15, 0.2) is 17.5 Å². The third-order valence-corrected chi connectivity index (χ3v) is 4.24. The highest BCUT2D eigenvalue weighted by atomic mass is 35.5. The van der Waals surface area contributed by atoms with Gasteiger partial charge in [-0.25, -0.2) is 0 Å². The van der Waals surface area contributed by atoms with Gasteiger partial charge in [-0.3, -0.25) is 4.79 Å². The molecule has 1 aromatic heterocycles. The molecule has 0 unspecified atom stereocenters. The van der Waals surface area contributed by atoms with Crippen LogP contribution in [0.3, 0.4) is 0 Å². The number of hydrogen-bond donors (Lipinski definition) is 1. The lowest BCUT2D eigenvalue weighted by Gasteiger charge is -2.31. The first kappa shape index (κ1) is 15.5. The molecule has 0 spiro atoms. The van der Waals surface area contributed by atoms with Crippen molar-refractivity contribution in [3.8, 4) is 0 Å². The van der Waals surface area contributed by atoms with E-state index < -0.39 is 0 Å². The summed E-state index contributed by atoms with van der Waals surface area (Å²) in [6, 6.07) is 4.04. The Balaban J connectivity index is 0.00000162. The number of nitrogens with zero attached hydrogens (tertiary/aromatic N) is 1. The molecule has 1 amide bonds. The SMILES string of the molecule is CNCC1CCN(C(=O)Cc2cccs2)CC1.Cl. The van der Waals surface area contributed by atoms with Gasteiger partial charge in [0, 0.05) is 18.0 Å². The zero-order valence-corrected chi connectivity index (χ0v) is 12.4. The van der Waals surface area contributed by atoms with Gasteiger partial charge in [-0.15, -0.1) is 23.7 Å². The first-order valence-corrected chi connectivity index (χ1v) is 7.12. The molecule has 0 saturated carbocycles. The van der Waals surface area contributed by atoms with Crippen molar-refractivity contribution < 1.29 is 4.79 Å². The molecule has 1 N–H and O–H groups in total. The number of amides is 1. The second-order valence-corrected chi connectivity index (χ2v) is 5.67. The fourth-order valence-electron chi connectivity index (χ4n) is 2.35. The second kappa shape index (κ2) is 7.77. The molecule has 1 aliphatic heterocycles. The van der Waals surface area contributed by atoms with Crippen LogP contribution in [-0.2, 0) is 11.2 Å². The van der Waals surface area contributed by atoms with Crippen molar-refractivity contribution in [3.63, 3.8) is 0 Å². The van der Waals surface area contributed by atoms with Crippen molar-refractivity contribution >= 4 is 29.7 Å². The average molecular weight is 289 g/mol. The molecule has 1 saturated heterocycles. The third kappa shape index (κ3) is 4.26. The molecule has 5 heteroatoms. The predicted octanol–water partition coefficient (Wildman–Crippen LogP) is 2.17. The lowest BCUT2D eigenvalue weighted by Crippen LogP contribution is -2.41. The molecular weight excluding hydrogens is 268 g/mol. The van der Waals surface area contributed by atoms with Crippen LogP contribution in [-0.4, -0.2) is 37.5 Å². The van der Waals surface area contributed by atoms with Crippen LogP contribution in [0.5, 0.6) is 0 Å². The molecule has 102 valence electrons. The molecule has 18 heavy (non-hydrogen) atoms.